The van der Waals surface area contributed by atoms with Gasteiger partial charge in [-0.05, 0) is 6.07 Å². The van der Waals surface area contributed by atoms with Crippen LogP contribution in [0.1, 0.15) is 12.0 Å². The summed E-state index contributed by atoms with van der Waals surface area (Å²) in [5.74, 6) is -1.53. The average molecular weight is 283 g/mol. The zero-order valence-corrected chi connectivity index (χ0v) is 11.1. The number of carbonyl (C=O) groups excluding carboxylic acids is 1. The summed E-state index contributed by atoms with van der Waals surface area (Å²) in [5.41, 5.74) is -1.48. The quantitative estimate of drug-likeness (QED) is 0.802. The molecule has 1 N–H and O–H groups in total. The number of carboxylic acid groups (broad SMARTS) is 1. The summed E-state index contributed by atoms with van der Waals surface area (Å²) < 4.78 is 24.0. The highest BCUT2D eigenvalue weighted by atomic mass is 32.2. The normalized spacial score (nSPS) is 24.3. The standard InChI is InChI=1S/C12H13NO5S/c1-13(8-14)12(11(15)16)6-7-19(17,18)10-5-3-2-4-9(10)12/h2-5,8H,6-7H2,1H3,(H,15,16). The van der Waals surface area contributed by atoms with E-state index in [1.54, 1.807) is 6.07 Å². The maximum atomic E-state index is 12.0. The second-order valence-electron chi connectivity index (χ2n) is 4.45. The monoisotopic (exact) mass is 283 g/mol. The molecule has 7 heteroatoms. The Balaban J connectivity index is 2.80. The maximum absolute atomic E-state index is 12.0. The minimum atomic E-state index is -3.49. The van der Waals surface area contributed by atoms with Crippen LogP contribution in [-0.2, 0) is 25.0 Å². The van der Waals surface area contributed by atoms with Gasteiger partial charge in [0.25, 0.3) is 0 Å². The molecular weight excluding hydrogens is 270 g/mol. The van der Waals surface area contributed by atoms with Crippen molar-refractivity contribution in [2.45, 2.75) is 16.9 Å². The lowest BCUT2D eigenvalue weighted by atomic mass is 9.85. The van der Waals surface area contributed by atoms with Crippen LogP contribution in [0.25, 0.3) is 0 Å². The SMILES string of the molecule is CN(C=O)C1(C(=O)O)CCS(=O)(=O)c2ccccc21. The fourth-order valence-electron chi connectivity index (χ4n) is 2.44. The summed E-state index contributed by atoms with van der Waals surface area (Å²) >= 11 is 0. The fraction of sp³-hybridized carbons (Fsp3) is 0.333. The molecule has 1 aliphatic heterocycles. The molecule has 102 valence electrons. The third-order valence-corrected chi connectivity index (χ3v) is 5.28. The molecule has 19 heavy (non-hydrogen) atoms. The number of rotatable bonds is 3. The van der Waals surface area contributed by atoms with E-state index in [0.717, 1.165) is 4.90 Å². The topological polar surface area (TPSA) is 91.8 Å². The number of sulfone groups is 1. The molecule has 1 atom stereocenters. The Morgan fingerprint density at radius 1 is 1.42 bits per heavy atom. The predicted octanol–water partition coefficient (Wildman–Crippen LogP) is 0.232. The van der Waals surface area contributed by atoms with Crippen molar-refractivity contribution in [2.24, 2.45) is 0 Å². The zero-order valence-electron chi connectivity index (χ0n) is 10.2. The van der Waals surface area contributed by atoms with Crippen molar-refractivity contribution in [3.8, 4) is 0 Å². The molecule has 0 radical (unpaired) electrons. The van der Waals surface area contributed by atoms with Crippen LogP contribution < -0.4 is 0 Å². The van der Waals surface area contributed by atoms with Crippen molar-refractivity contribution in [3.05, 3.63) is 29.8 Å². The number of hydrogen-bond donors (Lipinski definition) is 1. The molecule has 0 aromatic heterocycles. The summed E-state index contributed by atoms with van der Waals surface area (Å²) in [5, 5.41) is 9.51. The number of carbonyl (C=O) groups is 2. The lowest BCUT2D eigenvalue weighted by Crippen LogP contribution is -2.53. The first-order chi connectivity index (χ1) is 8.86. The van der Waals surface area contributed by atoms with Crippen LogP contribution in [0.15, 0.2) is 29.2 Å². The van der Waals surface area contributed by atoms with Crippen LogP contribution in [0.4, 0.5) is 0 Å². The number of fused-ring (bicyclic) bond motifs is 1. The molecule has 1 aromatic carbocycles. The minimum Gasteiger partial charge on any atom is -0.479 e. The van der Waals surface area contributed by atoms with E-state index in [1.165, 1.54) is 25.2 Å². The van der Waals surface area contributed by atoms with Crippen molar-refractivity contribution >= 4 is 22.2 Å². The fourth-order valence-corrected chi connectivity index (χ4v) is 4.08. The largest absolute Gasteiger partial charge is 0.479 e. The van der Waals surface area contributed by atoms with Crippen molar-refractivity contribution in [3.63, 3.8) is 0 Å². The van der Waals surface area contributed by atoms with E-state index in [9.17, 15) is 23.1 Å². The van der Waals surface area contributed by atoms with Crippen LogP contribution >= 0.6 is 0 Å². The molecule has 0 bridgehead atoms. The summed E-state index contributed by atoms with van der Waals surface area (Å²) in [6, 6.07) is 5.92. The van der Waals surface area contributed by atoms with E-state index in [1.807, 2.05) is 0 Å². The first-order valence-electron chi connectivity index (χ1n) is 5.60. The molecule has 0 spiro atoms. The molecule has 1 amide bonds. The molecular formula is C12H13NO5S. The summed E-state index contributed by atoms with van der Waals surface area (Å²) in [4.78, 5) is 23.7. The number of amides is 1. The van der Waals surface area contributed by atoms with Gasteiger partial charge in [0.05, 0.1) is 10.6 Å². The maximum Gasteiger partial charge on any atom is 0.334 e. The Morgan fingerprint density at radius 3 is 2.63 bits per heavy atom. The van der Waals surface area contributed by atoms with Gasteiger partial charge in [0.15, 0.2) is 15.4 Å². The molecule has 6 nitrogen and oxygen atoms in total. The second kappa shape index (κ2) is 4.34. The van der Waals surface area contributed by atoms with Gasteiger partial charge in [-0.1, -0.05) is 18.2 Å². The number of benzene rings is 1. The Hall–Kier alpha value is -1.89. The molecule has 1 aromatic rings. The highest BCUT2D eigenvalue weighted by Crippen LogP contribution is 2.40. The van der Waals surface area contributed by atoms with E-state index in [-0.39, 0.29) is 22.6 Å². The molecule has 0 aliphatic carbocycles. The Labute approximate surface area is 110 Å². The average Bonchev–Trinajstić information content (AvgIpc) is 2.38. The zero-order chi connectivity index (χ0) is 14.3. The van der Waals surface area contributed by atoms with Crippen molar-refractivity contribution < 1.29 is 23.1 Å². The Bertz CT molecular complexity index is 639. The van der Waals surface area contributed by atoms with Gasteiger partial charge in [0, 0.05) is 19.0 Å². The molecule has 1 aliphatic rings. The minimum absolute atomic E-state index is 0.0163. The smallest absolute Gasteiger partial charge is 0.334 e. The van der Waals surface area contributed by atoms with Gasteiger partial charge in [-0.15, -0.1) is 0 Å². The van der Waals surface area contributed by atoms with Crippen molar-refractivity contribution in [1.82, 2.24) is 4.90 Å². The van der Waals surface area contributed by atoms with Crippen molar-refractivity contribution in [1.29, 1.82) is 0 Å². The van der Waals surface area contributed by atoms with E-state index in [0.29, 0.717) is 6.41 Å². The summed E-state index contributed by atoms with van der Waals surface area (Å²) in [6.07, 6.45) is 0.250. The Morgan fingerprint density at radius 2 is 2.05 bits per heavy atom. The van der Waals surface area contributed by atoms with Gasteiger partial charge in [0.1, 0.15) is 0 Å². The lowest BCUT2D eigenvalue weighted by Gasteiger charge is -2.40. The van der Waals surface area contributed by atoms with E-state index >= 15 is 0 Å². The number of likely N-dealkylation sites (N-methyl/N-ethyl adjacent to an activating group) is 1. The van der Waals surface area contributed by atoms with Crippen LogP contribution in [0, 0.1) is 0 Å². The summed E-state index contributed by atoms with van der Waals surface area (Å²) in [7, 11) is -2.15. The van der Waals surface area contributed by atoms with Crippen LogP contribution in [-0.4, -0.2) is 43.6 Å². The third-order valence-electron chi connectivity index (χ3n) is 3.51. The highest BCUT2D eigenvalue weighted by Gasteiger charge is 2.50. The van der Waals surface area contributed by atoms with E-state index < -0.39 is 21.3 Å². The molecule has 2 rings (SSSR count). The highest BCUT2D eigenvalue weighted by molar-refractivity contribution is 7.91. The first kappa shape index (κ1) is 13.5. The predicted molar refractivity (Wildman–Crippen MR) is 66.3 cm³/mol. The molecule has 0 saturated carbocycles. The van der Waals surface area contributed by atoms with Gasteiger partial charge < -0.3 is 10.0 Å². The third kappa shape index (κ3) is 1.81. The number of carboxylic acids is 1. The van der Waals surface area contributed by atoms with Gasteiger partial charge in [-0.3, -0.25) is 4.79 Å². The molecule has 1 heterocycles. The van der Waals surface area contributed by atoms with E-state index in [2.05, 4.69) is 0 Å². The van der Waals surface area contributed by atoms with Gasteiger partial charge in [-0.2, -0.15) is 0 Å². The number of hydrogen-bond acceptors (Lipinski definition) is 4. The molecule has 0 saturated heterocycles. The molecule has 1 unspecified atom stereocenters. The van der Waals surface area contributed by atoms with Gasteiger partial charge in [-0.25, -0.2) is 13.2 Å². The van der Waals surface area contributed by atoms with Crippen molar-refractivity contribution in [2.75, 3.05) is 12.8 Å². The van der Waals surface area contributed by atoms with Gasteiger partial charge in [0.2, 0.25) is 6.41 Å². The van der Waals surface area contributed by atoms with Gasteiger partial charge >= 0.3 is 5.97 Å². The second-order valence-corrected chi connectivity index (χ2v) is 6.52. The first-order valence-corrected chi connectivity index (χ1v) is 7.25. The van der Waals surface area contributed by atoms with Crippen LogP contribution in [0.5, 0.6) is 0 Å². The molecule has 0 fully saturated rings. The van der Waals surface area contributed by atoms with Crippen LogP contribution in [0.2, 0.25) is 0 Å². The lowest BCUT2D eigenvalue weighted by molar-refractivity contribution is -0.155. The Kier molecular flexibility index (Phi) is 3.09. The van der Waals surface area contributed by atoms with Crippen LogP contribution in [0.3, 0.4) is 0 Å². The van der Waals surface area contributed by atoms with E-state index in [4.69, 9.17) is 0 Å². The number of aliphatic carboxylic acids is 1. The summed E-state index contributed by atoms with van der Waals surface area (Å²) in [6.45, 7) is 0. The number of nitrogens with zero attached hydrogens (tertiary/aromatic N) is 1.